The van der Waals surface area contributed by atoms with Gasteiger partial charge in [-0.05, 0) is 12.1 Å². The average Bonchev–Trinajstić information content (AvgIpc) is 2.53. The van der Waals surface area contributed by atoms with Gasteiger partial charge in [0.15, 0.2) is 5.58 Å². The van der Waals surface area contributed by atoms with Crippen molar-refractivity contribution in [3.05, 3.63) is 28.7 Å². The summed E-state index contributed by atoms with van der Waals surface area (Å²) in [4.78, 5) is 21.9. The highest BCUT2D eigenvalue weighted by Crippen LogP contribution is 2.26. The number of fused-ring (bicyclic) bond motifs is 1. The van der Waals surface area contributed by atoms with E-state index in [2.05, 4.69) is 4.74 Å². The predicted octanol–water partition coefficient (Wildman–Crippen LogP) is 1.58. The lowest BCUT2D eigenvalue weighted by atomic mass is 10.3. The summed E-state index contributed by atoms with van der Waals surface area (Å²) < 4.78 is 45.2. The minimum absolute atomic E-state index is 0.0271. The zero-order chi connectivity index (χ0) is 14.2. The summed E-state index contributed by atoms with van der Waals surface area (Å²) in [6.07, 6.45) is -4.88. The molecule has 1 aromatic carbocycles. The number of alkyl halides is 3. The van der Waals surface area contributed by atoms with Crippen LogP contribution < -0.4 is 10.5 Å². The van der Waals surface area contributed by atoms with Crippen molar-refractivity contribution in [1.29, 1.82) is 0 Å². The third kappa shape index (κ3) is 2.87. The standard InChI is InChI=1S/C10H6F3NO5/c11-10(12,13)19-5-1-2-7-6(3-5)14(4-8(15)16)9(17)18-7/h1-3H,4H2,(H,15,16). The maximum atomic E-state index is 12.0. The lowest BCUT2D eigenvalue weighted by molar-refractivity contribution is -0.274. The van der Waals surface area contributed by atoms with Gasteiger partial charge in [-0.25, -0.2) is 4.79 Å². The molecule has 0 bridgehead atoms. The quantitative estimate of drug-likeness (QED) is 0.921. The molecular formula is C10H6F3NO5. The first-order chi connectivity index (χ1) is 8.76. The topological polar surface area (TPSA) is 81.7 Å². The summed E-state index contributed by atoms with van der Waals surface area (Å²) in [5, 5.41) is 8.61. The number of nitrogens with zero attached hydrogens (tertiary/aromatic N) is 1. The summed E-state index contributed by atoms with van der Waals surface area (Å²) in [6, 6.07) is 2.94. The summed E-state index contributed by atoms with van der Waals surface area (Å²) >= 11 is 0. The number of halogens is 3. The van der Waals surface area contributed by atoms with E-state index in [1.807, 2.05) is 0 Å². The molecule has 1 N–H and O–H groups in total. The molecule has 102 valence electrons. The minimum Gasteiger partial charge on any atom is -0.480 e. The van der Waals surface area contributed by atoms with Crippen LogP contribution >= 0.6 is 0 Å². The van der Waals surface area contributed by atoms with Crippen LogP contribution in [0.5, 0.6) is 5.75 Å². The molecule has 0 amide bonds. The summed E-state index contributed by atoms with van der Waals surface area (Å²) in [7, 11) is 0. The van der Waals surface area contributed by atoms with E-state index in [4.69, 9.17) is 9.52 Å². The van der Waals surface area contributed by atoms with Crippen LogP contribution in [0.25, 0.3) is 11.1 Å². The van der Waals surface area contributed by atoms with Gasteiger partial charge in [-0.15, -0.1) is 13.2 Å². The van der Waals surface area contributed by atoms with Gasteiger partial charge in [-0.3, -0.25) is 9.36 Å². The number of benzene rings is 1. The Hall–Kier alpha value is -2.45. The Kier molecular flexibility index (Phi) is 2.97. The molecule has 0 aliphatic rings. The van der Waals surface area contributed by atoms with Gasteiger partial charge in [-0.2, -0.15) is 0 Å². The molecule has 0 aliphatic carbocycles. The van der Waals surface area contributed by atoms with E-state index in [-0.39, 0.29) is 11.1 Å². The Bertz CT molecular complexity index is 685. The Morgan fingerprint density at radius 1 is 1.42 bits per heavy atom. The number of hydrogen-bond acceptors (Lipinski definition) is 4. The van der Waals surface area contributed by atoms with Gasteiger partial charge >= 0.3 is 18.1 Å². The van der Waals surface area contributed by atoms with E-state index < -0.39 is 30.4 Å². The second-order valence-corrected chi connectivity index (χ2v) is 3.53. The Morgan fingerprint density at radius 2 is 2.11 bits per heavy atom. The number of aromatic nitrogens is 1. The molecule has 0 saturated carbocycles. The highest BCUT2D eigenvalue weighted by molar-refractivity contribution is 5.77. The summed E-state index contributed by atoms with van der Waals surface area (Å²) in [6.45, 7) is -0.721. The lowest BCUT2D eigenvalue weighted by Crippen LogP contribution is -2.20. The van der Waals surface area contributed by atoms with E-state index >= 15 is 0 Å². The number of carbonyl (C=O) groups is 1. The van der Waals surface area contributed by atoms with Gasteiger partial charge in [0.25, 0.3) is 0 Å². The van der Waals surface area contributed by atoms with Crippen molar-refractivity contribution in [2.45, 2.75) is 12.9 Å². The fourth-order valence-corrected chi connectivity index (χ4v) is 1.52. The molecule has 6 nitrogen and oxygen atoms in total. The largest absolute Gasteiger partial charge is 0.573 e. The van der Waals surface area contributed by atoms with Crippen LogP contribution in [0.3, 0.4) is 0 Å². The van der Waals surface area contributed by atoms with Crippen molar-refractivity contribution >= 4 is 17.1 Å². The molecule has 1 aromatic heterocycles. The van der Waals surface area contributed by atoms with Gasteiger partial charge in [-0.1, -0.05) is 0 Å². The smallest absolute Gasteiger partial charge is 0.480 e. The van der Waals surface area contributed by atoms with Crippen LogP contribution in [0.4, 0.5) is 13.2 Å². The zero-order valence-corrected chi connectivity index (χ0v) is 9.10. The molecule has 0 atom stereocenters. The van der Waals surface area contributed by atoms with Crippen LogP contribution in [0.1, 0.15) is 0 Å². The molecular weight excluding hydrogens is 271 g/mol. The second-order valence-electron chi connectivity index (χ2n) is 3.53. The Balaban J connectivity index is 2.51. The number of carboxylic acids is 1. The Morgan fingerprint density at radius 3 is 2.68 bits per heavy atom. The number of aliphatic carboxylic acids is 1. The summed E-state index contributed by atoms with van der Waals surface area (Å²) in [5.41, 5.74) is -0.116. The van der Waals surface area contributed by atoms with Crippen molar-refractivity contribution in [2.75, 3.05) is 0 Å². The number of oxazole rings is 1. The zero-order valence-electron chi connectivity index (χ0n) is 9.10. The molecule has 2 aromatic rings. The first kappa shape index (κ1) is 13.0. The highest BCUT2D eigenvalue weighted by atomic mass is 19.4. The minimum atomic E-state index is -4.88. The van der Waals surface area contributed by atoms with Gasteiger partial charge < -0.3 is 14.3 Å². The predicted molar refractivity (Wildman–Crippen MR) is 54.8 cm³/mol. The number of rotatable bonds is 3. The van der Waals surface area contributed by atoms with Crippen molar-refractivity contribution in [3.8, 4) is 5.75 Å². The first-order valence-corrected chi connectivity index (χ1v) is 4.87. The third-order valence-corrected chi connectivity index (χ3v) is 2.17. The van der Waals surface area contributed by atoms with Gasteiger partial charge in [0.1, 0.15) is 12.3 Å². The second kappa shape index (κ2) is 4.34. The van der Waals surface area contributed by atoms with Gasteiger partial charge in [0.05, 0.1) is 5.52 Å². The van der Waals surface area contributed by atoms with Crippen molar-refractivity contribution in [2.24, 2.45) is 0 Å². The van der Waals surface area contributed by atoms with Crippen LogP contribution in [0.2, 0.25) is 0 Å². The molecule has 9 heteroatoms. The normalized spacial score (nSPS) is 11.7. The Labute approximate surface area is 102 Å². The molecule has 2 rings (SSSR count). The van der Waals surface area contributed by atoms with E-state index in [1.54, 1.807) is 0 Å². The van der Waals surface area contributed by atoms with E-state index in [0.717, 1.165) is 18.2 Å². The van der Waals surface area contributed by atoms with Crippen molar-refractivity contribution in [3.63, 3.8) is 0 Å². The van der Waals surface area contributed by atoms with Crippen LogP contribution in [0.15, 0.2) is 27.4 Å². The number of hydrogen-bond donors (Lipinski definition) is 1. The molecule has 1 heterocycles. The molecule has 0 spiro atoms. The van der Waals surface area contributed by atoms with E-state index in [9.17, 15) is 22.8 Å². The highest BCUT2D eigenvalue weighted by Gasteiger charge is 2.31. The molecule has 0 saturated heterocycles. The van der Waals surface area contributed by atoms with Crippen LogP contribution in [0, 0.1) is 0 Å². The molecule has 0 aliphatic heterocycles. The van der Waals surface area contributed by atoms with Crippen LogP contribution in [-0.4, -0.2) is 22.0 Å². The number of carboxylic acid groups (broad SMARTS) is 1. The number of ether oxygens (including phenoxy) is 1. The average molecular weight is 277 g/mol. The molecule has 0 unspecified atom stereocenters. The molecule has 19 heavy (non-hydrogen) atoms. The van der Waals surface area contributed by atoms with Crippen molar-refractivity contribution < 1.29 is 32.2 Å². The lowest BCUT2D eigenvalue weighted by Gasteiger charge is -2.08. The maximum Gasteiger partial charge on any atom is 0.573 e. The van der Waals surface area contributed by atoms with Gasteiger partial charge in [0, 0.05) is 6.07 Å². The fourth-order valence-electron chi connectivity index (χ4n) is 1.52. The summed E-state index contributed by atoms with van der Waals surface area (Å²) in [5.74, 6) is -2.87. The monoisotopic (exact) mass is 277 g/mol. The van der Waals surface area contributed by atoms with E-state index in [0.29, 0.717) is 4.57 Å². The molecule has 0 radical (unpaired) electrons. The van der Waals surface area contributed by atoms with E-state index in [1.165, 1.54) is 0 Å². The van der Waals surface area contributed by atoms with Crippen LogP contribution in [-0.2, 0) is 11.3 Å². The fraction of sp³-hybridized carbons (Fsp3) is 0.200. The SMILES string of the molecule is O=C(O)Cn1c(=O)oc2ccc(OC(F)(F)F)cc21. The third-order valence-electron chi connectivity index (χ3n) is 2.17. The molecule has 0 fully saturated rings. The van der Waals surface area contributed by atoms with Crippen molar-refractivity contribution in [1.82, 2.24) is 4.57 Å². The first-order valence-electron chi connectivity index (χ1n) is 4.87. The maximum absolute atomic E-state index is 12.0. The van der Waals surface area contributed by atoms with Gasteiger partial charge in [0.2, 0.25) is 0 Å².